The molecule has 3 nitrogen and oxygen atoms in total. The summed E-state index contributed by atoms with van der Waals surface area (Å²) in [6.07, 6.45) is 2.56. The number of nitrogens with zero attached hydrogens (tertiary/aromatic N) is 1. The Hall–Kier alpha value is -0.960. The van der Waals surface area contributed by atoms with Gasteiger partial charge < -0.3 is 5.32 Å². The first-order valence-corrected chi connectivity index (χ1v) is 5.21. The van der Waals surface area contributed by atoms with E-state index < -0.39 is 0 Å². The molecule has 2 rings (SSSR count). The lowest BCUT2D eigenvalue weighted by atomic mass is 9.99. The Kier molecular flexibility index (Phi) is 2.77. The van der Waals surface area contributed by atoms with E-state index in [9.17, 15) is 4.79 Å². The van der Waals surface area contributed by atoms with Crippen LogP contribution in [-0.2, 0) is 17.8 Å². The summed E-state index contributed by atoms with van der Waals surface area (Å²) in [5, 5.41) is 3.26. The van der Waals surface area contributed by atoms with Gasteiger partial charge in [-0.1, -0.05) is 15.9 Å². The van der Waals surface area contributed by atoms with Gasteiger partial charge in [0.2, 0.25) is 6.08 Å². The first-order chi connectivity index (χ1) is 6.83. The van der Waals surface area contributed by atoms with E-state index >= 15 is 0 Å². The maximum Gasteiger partial charge on any atom is 0.240 e. The van der Waals surface area contributed by atoms with Crippen molar-refractivity contribution in [1.82, 2.24) is 5.32 Å². The van der Waals surface area contributed by atoms with Crippen LogP contribution in [0.5, 0.6) is 0 Å². The van der Waals surface area contributed by atoms with Gasteiger partial charge in [0.15, 0.2) is 0 Å². The number of hydrogen-bond acceptors (Lipinski definition) is 3. The summed E-state index contributed by atoms with van der Waals surface area (Å²) in [4.78, 5) is 13.9. The fourth-order valence-corrected chi connectivity index (χ4v) is 2.27. The molecule has 1 aromatic rings. The maximum atomic E-state index is 10.2. The minimum absolute atomic E-state index is 0.727. The van der Waals surface area contributed by atoms with Gasteiger partial charge in [0.05, 0.1) is 5.69 Å². The zero-order valence-electron chi connectivity index (χ0n) is 7.51. The predicted octanol–water partition coefficient (Wildman–Crippen LogP) is 2.06. The molecule has 0 atom stereocenters. The van der Waals surface area contributed by atoms with E-state index in [1.54, 1.807) is 6.08 Å². The molecular weight excluding hydrogens is 244 g/mol. The van der Waals surface area contributed by atoms with Crippen molar-refractivity contribution in [3.05, 3.63) is 27.7 Å². The van der Waals surface area contributed by atoms with Crippen LogP contribution in [0.2, 0.25) is 0 Å². The number of aliphatic imine (C=N–C) groups is 1. The molecule has 0 aliphatic carbocycles. The molecule has 0 unspecified atom stereocenters. The second-order valence-electron chi connectivity index (χ2n) is 3.15. The van der Waals surface area contributed by atoms with Crippen molar-refractivity contribution in [2.45, 2.75) is 13.0 Å². The number of rotatable bonds is 1. The highest BCUT2D eigenvalue weighted by atomic mass is 79.9. The first-order valence-electron chi connectivity index (χ1n) is 4.42. The topological polar surface area (TPSA) is 41.5 Å². The van der Waals surface area contributed by atoms with Gasteiger partial charge in [0.25, 0.3) is 0 Å². The van der Waals surface area contributed by atoms with Crippen LogP contribution in [0.15, 0.2) is 21.6 Å². The average molecular weight is 253 g/mol. The Balaban J connectivity index is 2.58. The Morgan fingerprint density at radius 3 is 3.07 bits per heavy atom. The molecule has 1 N–H and O–H groups in total. The van der Waals surface area contributed by atoms with Crippen LogP contribution in [-0.4, -0.2) is 12.6 Å². The highest BCUT2D eigenvalue weighted by Crippen LogP contribution is 2.31. The summed E-state index contributed by atoms with van der Waals surface area (Å²) in [7, 11) is 0. The van der Waals surface area contributed by atoms with Gasteiger partial charge in [0.1, 0.15) is 0 Å². The van der Waals surface area contributed by atoms with Crippen molar-refractivity contribution in [3.63, 3.8) is 0 Å². The SMILES string of the molecule is O=C=Nc1ccc(Br)c2c1CNCC2. The first kappa shape index (κ1) is 9.59. The fourth-order valence-electron chi connectivity index (χ4n) is 1.70. The molecular formula is C10H9BrN2O. The van der Waals surface area contributed by atoms with E-state index in [1.165, 1.54) is 5.56 Å². The molecule has 0 saturated heterocycles. The average Bonchev–Trinajstić information content (AvgIpc) is 2.23. The van der Waals surface area contributed by atoms with Crippen molar-refractivity contribution >= 4 is 27.7 Å². The molecule has 1 aromatic carbocycles. The van der Waals surface area contributed by atoms with Gasteiger partial charge in [-0.3, -0.25) is 0 Å². The summed E-state index contributed by atoms with van der Waals surface area (Å²) in [5.74, 6) is 0. The second-order valence-corrected chi connectivity index (χ2v) is 4.01. The van der Waals surface area contributed by atoms with E-state index in [0.29, 0.717) is 0 Å². The third kappa shape index (κ3) is 1.64. The van der Waals surface area contributed by atoms with Crippen molar-refractivity contribution in [2.24, 2.45) is 4.99 Å². The largest absolute Gasteiger partial charge is 0.312 e. The van der Waals surface area contributed by atoms with Gasteiger partial charge in [-0.2, -0.15) is 4.99 Å². The highest BCUT2D eigenvalue weighted by Gasteiger charge is 2.15. The molecule has 1 aliphatic rings. The normalized spacial score (nSPS) is 14.4. The fraction of sp³-hybridized carbons (Fsp3) is 0.300. The Bertz CT molecular complexity index is 411. The molecule has 14 heavy (non-hydrogen) atoms. The van der Waals surface area contributed by atoms with Crippen LogP contribution in [0.25, 0.3) is 0 Å². The van der Waals surface area contributed by atoms with Crippen LogP contribution in [0.3, 0.4) is 0 Å². The molecule has 1 aliphatic heterocycles. The second kappa shape index (κ2) is 4.05. The number of carbonyl (C=O) groups excluding carboxylic acids is 1. The summed E-state index contributed by atoms with van der Waals surface area (Å²) in [6.45, 7) is 1.75. The van der Waals surface area contributed by atoms with Crippen LogP contribution >= 0.6 is 15.9 Å². The third-order valence-corrected chi connectivity index (χ3v) is 3.11. The maximum absolute atomic E-state index is 10.2. The number of fused-ring (bicyclic) bond motifs is 1. The Morgan fingerprint density at radius 1 is 1.43 bits per heavy atom. The predicted molar refractivity (Wildman–Crippen MR) is 57.3 cm³/mol. The Labute approximate surface area is 90.4 Å². The van der Waals surface area contributed by atoms with Gasteiger partial charge in [-0.15, -0.1) is 0 Å². The summed E-state index contributed by atoms with van der Waals surface area (Å²) in [6, 6.07) is 3.77. The van der Waals surface area contributed by atoms with Crippen LogP contribution in [0.1, 0.15) is 11.1 Å². The number of benzene rings is 1. The zero-order valence-corrected chi connectivity index (χ0v) is 9.10. The van der Waals surface area contributed by atoms with E-state index in [4.69, 9.17) is 0 Å². The molecule has 72 valence electrons. The summed E-state index contributed by atoms with van der Waals surface area (Å²) >= 11 is 3.50. The minimum Gasteiger partial charge on any atom is -0.312 e. The molecule has 0 bridgehead atoms. The smallest absolute Gasteiger partial charge is 0.240 e. The minimum atomic E-state index is 0.727. The standard InChI is InChI=1S/C10H9BrN2O/c11-9-1-2-10(13-6-14)8-5-12-4-3-7(8)9/h1-2,12H,3-5H2. The highest BCUT2D eigenvalue weighted by molar-refractivity contribution is 9.10. The molecule has 0 saturated carbocycles. The van der Waals surface area contributed by atoms with Crippen LogP contribution < -0.4 is 5.32 Å². The molecule has 0 amide bonds. The molecule has 4 heteroatoms. The van der Waals surface area contributed by atoms with E-state index in [-0.39, 0.29) is 0 Å². The number of isocyanates is 1. The van der Waals surface area contributed by atoms with Crippen molar-refractivity contribution in [3.8, 4) is 0 Å². The molecule has 1 heterocycles. The van der Waals surface area contributed by atoms with E-state index in [1.807, 2.05) is 12.1 Å². The zero-order chi connectivity index (χ0) is 9.97. The van der Waals surface area contributed by atoms with Crippen molar-refractivity contribution < 1.29 is 4.79 Å². The summed E-state index contributed by atoms with van der Waals surface area (Å²) in [5.41, 5.74) is 3.08. The van der Waals surface area contributed by atoms with Gasteiger partial charge >= 0.3 is 0 Å². The molecule has 0 radical (unpaired) electrons. The number of hydrogen-bond donors (Lipinski definition) is 1. The van der Waals surface area contributed by atoms with Crippen LogP contribution in [0.4, 0.5) is 5.69 Å². The lowest BCUT2D eigenvalue weighted by Gasteiger charge is -2.19. The van der Waals surface area contributed by atoms with Crippen LogP contribution in [0, 0.1) is 0 Å². The lowest BCUT2D eigenvalue weighted by Crippen LogP contribution is -2.23. The molecule has 0 aromatic heterocycles. The number of nitrogens with one attached hydrogen (secondary N) is 1. The van der Waals surface area contributed by atoms with E-state index in [0.717, 1.165) is 35.2 Å². The van der Waals surface area contributed by atoms with Gasteiger partial charge in [-0.05, 0) is 36.2 Å². The van der Waals surface area contributed by atoms with Crippen molar-refractivity contribution in [2.75, 3.05) is 6.54 Å². The third-order valence-electron chi connectivity index (χ3n) is 2.37. The van der Waals surface area contributed by atoms with Gasteiger partial charge in [0, 0.05) is 11.0 Å². The van der Waals surface area contributed by atoms with Gasteiger partial charge in [-0.25, -0.2) is 4.79 Å². The van der Waals surface area contributed by atoms with E-state index in [2.05, 4.69) is 26.2 Å². The number of halogens is 1. The van der Waals surface area contributed by atoms with Crippen molar-refractivity contribution in [1.29, 1.82) is 0 Å². The summed E-state index contributed by atoms with van der Waals surface area (Å²) < 4.78 is 1.10. The monoisotopic (exact) mass is 252 g/mol. The Morgan fingerprint density at radius 2 is 2.29 bits per heavy atom. The lowest BCUT2D eigenvalue weighted by molar-refractivity contribution is 0.565. The molecule has 0 spiro atoms. The quantitative estimate of drug-likeness (QED) is 0.614. The molecule has 0 fully saturated rings.